The molecule has 0 bridgehead atoms. The Balaban J connectivity index is 3.36. The average Bonchev–Trinajstić information content (AvgIpc) is 2.17. The summed E-state index contributed by atoms with van der Waals surface area (Å²) in [6, 6.07) is 2.24. The number of anilines is 1. The number of ether oxygens (including phenoxy) is 1. The van der Waals surface area contributed by atoms with E-state index in [2.05, 4.69) is 0 Å². The van der Waals surface area contributed by atoms with Gasteiger partial charge in [-0.1, -0.05) is 0 Å². The van der Waals surface area contributed by atoms with Gasteiger partial charge in [-0.15, -0.1) is 0 Å². The summed E-state index contributed by atoms with van der Waals surface area (Å²) < 4.78 is 5.11. The smallest absolute Gasteiger partial charge is 0.293 e. The number of nitrogens with zero attached hydrogens (tertiary/aromatic N) is 1. The van der Waals surface area contributed by atoms with Crippen molar-refractivity contribution in [3.63, 3.8) is 0 Å². The molecule has 0 spiro atoms. The first kappa shape index (κ1) is 11.8. The van der Waals surface area contributed by atoms with Crippen LogP contribution in [-0.4, -0.2) is 17.4 Å². The lowest BCUT2D eigenvalue weighted by molar-refractivity contribution is -0.383. The van der Waals surface area contributed by atoms with Crippen LogP contribution in [0.4, 0.5) is 11.4 Å². The number of hydrogen-bond donors (Lipinski definition) is 2. The number of amides is 1. The van der Waals surface area contributed by atoms with Crippen molar-refractivity contribution >= 4 is 17.3 Å². The molecule has 1 amide bonds. The van der Waals surface area contributed by atoms with Gasteiger partial charge in [0.25, 0.3) is 11.6 Å². The van der Waals surface area contributed by atoms with Gasteiger partial charge in [-0.05, 0) is 6.92 Å². The van der Waals surface area contributed by atoms with Crippen molar-refractivity contribution in [3.8, 4) is 5.75 Å². The first-order valence-corrected chi connectivity index (χ1v) is 4.47. The molecule has 0 heterocycles. The lowest BCUT2D eigenvalue weighted by Crippen LogP contribution is -2.14. The summed E-state index contributed by atoms with van der Waals surface area (Å²) in [5, 5.41) is 10.6. The van der Waals surface area contributed by atoms with Crippen LogP contribution in [0.2, 0.25) is 0 Å². The highest BCUT2D eigenvalue weighted by Crippen LogP contribution is 2.30. The van der Waals surface area contributed by atoms with Crippen LogP contribution in [0, 0.1) is 10.1 Å². The van der Waals surface area contributed by atoms with E-state index < -0.39 is 10.8 Å². The van der Waals surface area contributed by atoms with Crippen molar-refractivity contribution in [1.29, 1.82) is 0 Å². The number of nitrogens with two attached hydrogens (primary N) is 2. The molecular weight excluding hydrogens is 214 g/mol. The van der Waals surface area contributed by atoms with Gasteiger partial charge in [-0.2, -0.15) is 0 Å². The Bertz CT molecular complexity index is 445. The van der Waals surface area contributed by atoms with E-state index in [9.17, 15) is 14.9 Å². The molecule has 7 heteroatoms. The minimum Gasteiger partial charge on any atom is -0.493 e. The molecule has 0 aliphatic rings. The van der Waals surface area contributed by atoms with Crippen molar-refractivity contribution in [2.24, 2.45) is 5.73 Å². The average molecular weight is 225 g/mol. The maximum Gasteiger partial charge on any atom is 0.293 e. The number of nitro groups is 1. The third-order valence-electron chi connectivity index (χ3n) is 1.89. The van der Waals surface area contributed by atoms with Gasteiger partial charge < -0.3 is 16.2 Å². The predicted molar refractivity (Wildman–Crippen MR) is 57.2 cm³/mol. The van der Waals surface area contributed by atoms with Gasteiger partial charge in [-0.25, -0.2) is 0 Å². The molecule has 7 nitrogen and oxygen atoms in total. The highest BCUT2D eigenvalue weighted by Gasteiger charge is 2.19. The number of nitrogen functional groups attached to an aromatic ring is 1. The standard InChI is InChI=1S/C9H11N3O4/c1-2-16-8-4-6(10)7(12(14)15)3-5(8)9(11)13/h3-4H,2,10H2,1H3,(H2,11,13). The Hall–Kier alpha value is -2.31. The Morgan fingerprint density at radius 3 is 2.62 bits per heavy atom. The van der Waals surface area contributed by atoms with Crippen molar-refractivity contribution in [3.05, 3.63) is 27.8 Å². The second-order valence-electron chi connectivity index (χ2n) is 2.96. The van der Waals surface area contributed by atoms with Gasteiger partial charge in [-0.3, -0.25) is 14.9 Å². The Morgan fingerprint density at radius 2 is 2.19 bits per heavy atom. The van der Waals surface area contributed by atoms with Gasteiger partial charge in [0, 0.05) is 12.1 Å². The van der Waals surface area contributed by atoms with Crippen LogP contribution in [0.1, 0.15) is 17.3 Å². The summed E-state index contributed by atoms with van der Waals surface area (Å²) >= 11 is 0. The Labute approximate surface area is 91.1 Å². The zero-order valence-corrected chi connectivity index (χ0v) is 8.60. The zero-order chi connectivity index (χ0) is 12.3. The van der Waals surface area contributed by atoms with Crippen molar-refractivity contribution in [2.75, 3.05) is 12.3 Å². The lowest BCUT2D eigenvalue weighted by atomic mass is 10.1. The summed E-state index contributed by atoms with van der Waals surface area (Å²) in [4.78, 5) is 21.0. The monoisotopic (exact) mass is 225 g/mol. The third-order valence-corrected chi connectivity index (χ3v) is 1.89. The van der Waals surface area contributed by atoms with E-state index in [0.717, 1.165) is 6.07 Å². The number of hydrogen-bond acceptors (Lipinski definition) is 5. The summed E-state index contributed by atoms with van der Waals surface area (Å²) in [6.07, 6.45) is 0. The van der Waals surface area contributed by atoms with Crippen LogP contribution in [0.15, 0.2) is 12.1 Å². The highest BCUT2D eigenvalue weighted by molar-refractivity contribution is 5.97. The van der Waals surface area contributed by atoms with Gasteiger partial charge in [0.1, 0.15) is 11.4 Å². The molecule has 1 aromatic carbocycles. The van der Waals surface area contributed by atoms with Crippen LogP contribution in [0.5, 0.6) is 5.75 Å². The van der Waals surface area contributed by atoms with Crippen LogP contribution in [-0.2, 0) is 0 Å². The van der Waals surface area contributed by atoms with Gasteiger partial charge >= 0.3 is 0 Å². The molecule has 0 aliphatic heterocycles. The summed E-state index contributed by atoms with van der Waals surface area (Å²) in [5.74, 6) is -0.648. The number of benzene rings is 1. The molecule has 16 heavy (non-hydrogen) atoms. The zero-order valence-electron chi connectivity index (χ0n) is 8.60. The molecular formula is C9H11N3O4. The first-order chi connectivity index (χ1) is 7.47. The fourth-order valence-electron chi connectivity index (χ4n) is 1.21. The van der Waals surface area contributed by atoms with Gasteiger partial charge in [0.05, 0.1) is 17.1 Å². The molecule has 86 valence electrons. The third kappa shape index (κ3) is 2.19. The molecule has 1 aromatic rings. The van der Waals surface area contributed by atoms with E-state index >= 15 is 0 Å². The van der Waals surface area contributed by atoms with Crippen LogP contribution < -0.4 is 16.2 Å². The van der Waals surface area contributed by atoms with Crippen LogP contribution in [0.3, 0.4) is 0 Å². The summed E-state index contributed by atoms with van der Waals surface area (Å²) in [7, 11) is 0. The largest absolute Gasteiger partial charge is 0.493 e. The van der Waals surface area contributed by atoms with Crippen molar-refractivity contribution in [1.82, 2.24) is 0 Å². The molecule has 1 rings (SSSR count). The SMILES string of the molecule is CCOc1cc(N)c([N+](=O)[O-])cc1C(N)=O. The van der Waals surface area contributed by atoms with E-state index in [-0.39, 0.29) is 22.7 Å². The van der Waals surface area contributed by atoms with Crippen LogP contribution >= 0.6 is 0 Å². The second-order valence-corrected chi connectivity index (χ2v) is 2.96. The van der Waals surface area contributed by atoms with Crippen LogP contribution in [0.25, 0.3) is 0 Å². The Kier molecular flexibility index (Phi) is 3.29. The predicted octanol–water partition coefficient (Wildman–Crippen LogP) is 0.675. The second kappa shape index (κ2) is 4.47. The number of rotatable bonds is 4. The highest BCUT2D eigenvalue weighted by atomic mass is 16.6. The number of nitro benzene ring substituents is 1. The molecule has 0 atom stereocenters. The maximum atomic E-state index is 11.1. The molecule has 0 aromatic heterocycles. The molecule has 4 N–H and O–H groups in total. The molecule has 0 radical (unpaired) electrons. The van der Waals surface area contributed by atoms with E-state index in [4.69, 9.17) is 16.2 Å². The lowest BCUT2D eigenvalue weighted by Gasteiger charge is -2.08. The minimum absolute atomic E-state index is 0.0530. The maximum absolute atomic E-state index is 11.1. The number of primary amides is 1. The van der Waals surface area contributed by atoms with Gasteiger partial charge in [0.15, 0.2) is 0 Å². The van der Waals surface area contributed by atoms with Gasteiger partial charge in [0.2, 0.25) is 0 Å². The number of carbonyl (C=O) groups is 1. The molecule has 0 aliphatic carbocycles. The quantitative estimate of drug-likeness (QED) is 0.443. The van der Waals surface area contributed by atoms with E-state index in [1.165, 1.54) is 6.07 Å². The molecule has 0 saturated carbocycles. The summed E-state index contributed by atoms with van der Waals surface area (Å²) in [5.41, 5.74) is 10.0. The first-order valence-electron chi connectivity index (χ1n) is 4.47. The fourth-order valence-corrected chi connectivity index (χ4v) is 1.21. The van der Waals surface area contributed by atoms with E-state index in [1.807, 2.05) is 0 Å². The van der Waals surface area contributed by atoms with Crippen molar-refractivity contribution in [2.45, 2.75) is 6.92 Å². The molecule has 0 fully saturated rings. The number of carbonyl (C=O) groups excluding carboxylic acids is 1. The van der Waals surface area contributed by atoms with Crippen molar-refractivity contribution < 1.29 is 14.5 Å². The summed E-state index contributed by atoms with van der Waals surface area (Å²) in [6.45, 7) is 2.01. The Morgan fingerprint density at radius 1 is 1.56 bits per heavy atom. The molecule has 0 saturated heterocycles. The topological polar surface area (TPSA) is 121 Å². The van der Waals surface area contributed by atoms with E-state index in [0.29, 0.717) is 6.61 Å². The van der Waals surface area contributed by atoms with E-state index in [1.54, 1.807) is 6.92 Å². The normalized spacial score (nSPS) is 9.81. The fraction of sp³-hybridized carbons (Fsp3) is 0.222. The minimum atomic E-state index is -0.799. The molecule has 0 unspecified atom stereocenters.